The quantitative estimate of drug-likeness (QED) is 0.313. The summed E-state index contributed by atoms with van der Waals surface area (Å²) < 4.78 is 45.5. The number of H-pyrrole nitrogens is 1. The number of aromatic amines is 1. The number of hydrogen-bond acceptors (Lipinski definition) is 10. The van der Waals surface area contributed by atoms with Gasteiger partial charge in [0.2, 0.25) is 11.7 Å². The van der Waals surface area contributed by atoms with Gasteiger partial charge in [0, 0.05) is 62.2 Å². The molecule has 1 aliphatic carbocycles. The van der Waals surface area contributed by atoms with Crippen molar-refractivity contribution >= 4 is 23.5 Å². The Hall–Kier alpha value is -3.96. The number of aromatic nitrogens is 5. The molecule has 0 amide bonds. The first-order chi connectivity index (χ1) is 19.7. The van der Waals surface area contributed by atoms with E-state index in [1.54, 1.807) is 12.4 Å². The second-order valence-corrected chi connectivity index (χ2v) is 10.5. The van der Waals surface area contributed by atoms with Crippen molar-refractivity contribution in [1.82, 2.24) is 29.8 Å². The van der Waals surface area contributed by atoms with Crippen LogP contribution in [0.4, 0.5) is 13.2 Å². The third-order valence-electron chi connectivity index (χ3n) is 7.62. The summed E-state index contributed by atoms with van der Waals surface area (Å²) in [5, 5.41) is 27.4. The first-order valence-corrected chi connectivity index (χ1v) is 13.4. The Labute approximate surface area is 234 Å². The summed E-state index contributed by atoms with van der Waals surface area (Å²) in [4.78, 5) is 25.7. The molecule has 3 N–H and O–H groups in total. The van der Waals surface area contributed by atoms with Crippen molar-refractivity contribution in [3.8, 4) is 11.9 Å². The maximum atomic E-state index is 13.2. The molecule has 1 saturated carbocycles. The largest absolute Gasteiger partial charge is 0.474 e. The predicted octanol–water partition coefficient (Wildman–Crippen LogP) is 3.46. The van der Waals surface area contributed by atoms with Gasteiger partial charge in [0.05, 0.1) is 35.3 Å². The highest BCUT2D eigenvalue weighted by atomic mass is 19.4. The van der Waals surface area contributed by atoms with Crippen molar-refractivity contribution in [3.63, 3.8) is 0 Å². The minimum atomic E-state index is -4.71. The Kier molecular flexibility index (Phi) is 8.27. The number of rotatable bonds is 10. The molecule has 0 aromatic carbocycles. The molecule has 41 heavy (non-hydrogen) atoms. The molecule has 3 aromatic heterocycles. The first kappa shape index (κ1) is 28.6. The van der Waals surface area contributed by atoms with Crippen LogP contribution in [0.15, 0.2) is 29.6 Å². The van der Waals surface area contributed by atoms with E-state index in [0.717, 1.165) is 18.2 Å². The number of aliphatic hydroxyl groups excluding tert-OH is 1. The van der Waals surface area contributed by atoms with E-state index in [-0.39, 0.29) is 43.2 Å². The number of ether oxygens (including phenoxy) is 1. The predicted molar refractivity (Wildman–Crippen MR) is 143 cm³/mol. The molecule has 1 unspecified atom stereocenters. The van der Waals surface area contributed by atoms with Crippen molar-refractivity contribution < 1.29 is 23.0 Å². The van der Waals surface area contributed by atoms with Crippen LogP contribution in [-0.4, -0.2) is 84.7 Å². The Morgan fingerprint density at radius 2 is 2.05 bits per heavy atom. The zero-order valence-electron chi connectivity index (χ0n) is 22.2. The van der Waals surface area contributed by atoms with Crippen LogP contribution in [-0.2, 0) is 12.6 Å². The average Bonchev–Trinajstić information content (AvgIpc) is 3.41. The van der Waals surface area contributed by atoms with Gasteiger partial charge in [-0.1, -0.05) is 0 Å². The molecule has 1 aliphatic heterocycles. The van der Waals surface area contributed by atoms with E-state index < -0.39 is 23.5 Å². The Morgan fingerprint density at radius 3 is 2.73 bits per heavy atom. The number of nitriles is 1. The number of fused-ring (bicyclic) bond motifs is 1. The van der Waals surface area contributed by atoms with Crippen LogP contribution in [0, 0.1) is 16.7 Å². The topological polar surface area (TPSA) is 160 Å². The van der Waals surface area contributed by atoms with Crippen LogP contribution in [0.5, 0.6) is 5.88 Å². The highest BCUT2D eigenvalue weighted by Gasteiger charge is 2.46. The molecule has 11 nitrogen and oxygen atoms in total. The van der Waals surface area contributed by atoms with Gasteiger partial charge in [0.25, 0.3) is 0 Å². The van der Waals surface area contributed by atoms with Gasteiger partial charge in [-0.2, -0.15) is 23.4 Å². The number of halogens is 3. The van der Waals surface area contributed by atoms with Crippen molar-refractivity contribution in [3.05, 3.63) is 41.9 Å². The summed E-state index contributed by atoms with van der Waals surface area (Å²) in [6.45, 7) is 0.880. The lowest BCUT2D eigenvalue weighted by Gasteiger charge is -2.51. The molecule has 2 aliphatic rings. The highest BCUT2D eigenvalue weighted by Crippen LogP contribution is 2.36. The lowest BCUT2D eigenvalue weighted by atomic mass is 9.82. The molecule has 14 heteroatoms. The van der Waals surface area contributed by atoms with E-state index in [9.17, 15) is 18.4 Å². The van der Waals surface area contributed by atoms with Crippen LogP contribution in [0.25, 0.3) is 11.0 Å². The van der Waals surface area contributed by atoms with Crippen molar-refractivity contribution in [1.29, 1.82) is 10.7 Å². The molecule has 1 atom stereocenters. The molecular formula is C27H30F3N9O2. The van der Waals surface area contributed by atoms with Crippen molar-refractivity contribution in [2.75, 3.05) is 19.7 Å². The molecular weight excluding hydrogens is 539 g/mol. The Morgan fingerprint density at radius 1 is 1.27 bits per heavy atom. The van der Waals surface area contributed by atoms with Gasteiger partial charge in [0.15, 0.2) is 0 Å². The molecule has 2 fully saturated rings. The lowest BCUT2D eigenvalue weighted by Crippen LogP contribution is -2.64. The Balaban J connectivity index is 1.19. The van der Waals surface area contributed by atoms with Crippen molar-refractivity contribution in [2.45, 2.75) is 68.3 Å². The molecule has 4 heterocycles. The van der Waals surface area contributed by atoms with E-state index in [0.29, 0.717) is 37.3 Å². The highest BCUT2D eigenvalue weighted by molar-refractivity contribution is 5.94. The van der Waals surface area contributed by atoms with Crippen molar-refractivity contribution in [2.24, 2.45) is 4.99 Å². The number of nitrogens with one attached hydrogen (secondary N) is 2. The zero-order valence-corrected chi connectivity index (χ0v) is 22.2. The fourth-order valence-corrected chi connectivity index (χ4v) is 5.54. The molecule has 3 aromatic rings. The van der Waals surface area contributed by atoms with Crippen LogP contribution in [0.1, 0.15) is 55.2 Å². The van der Waals surface area contributed by atoms with E-state index in [1.165, 1.54) is 18.6 Å². The van der Waals surface area contributed by atoms with Crippen LogP contribution >= 0.6 is 0 Å². The number of aliphatic imine (C=N–C) groups is 1. The van der Waals surface area contributed by atoms with Crippen LogP contribution in [0.2, 0.25) is 0 Å². The molecule has 0 spiro atoms. The molecule has 5 rings (SSSR count). The lowest BCUT2D eigenvalue weighted by molar-refractivity contribution is -0.145. The number of alkyl halides is 3. The fourth-order valence-electron chi connectivity index (χ4n) is 5.54. The van der Waals surface area contributed by atoms with Gasteiger partial charge in [-0.15, -0.1) is 0 Å². The maximum Gasteiger partial charge on any atom is 0.451 e. The number of aliphatic hydroxyl groups is 1. The number of nitrogens with zero attached hydrogens (tertiary/aromatic N) is 7. The third kappa shape index (κ3) is 6.36. The van der Waals surface area contributed by atoms with Gasteiger partial charge in [-0.3, -0.25) is 9.89 Å². The molecule has 0 radical (unpaired) electrons. The van der Waals surface area contributed by atoms with E-state index in [2.05, 4.69) is 35.9 Å². The third-order valence-corrected chi connectivity index (χ3v) is 7.62. The SMILES string of the molecule is N#CCC1(N=CC(C=N)c2ncnc3[nH]ccc23)CN(C2CCC(Oc3cc(CCO)nc(C(F)(F)F)n3)CC2)C1. The minimum Gasteiger partial charge on any atom is -0.474 e. The second-order valence-electron chi connectivity index (χ2n) is 10.5. The summed E-state index contributed by atoms with van der Waals surface area (Å²) in [7, 11) is 0. The first-order valence-electron chi connectivity index (χ1n) is 13.4. The van der Waals surface area contributed by atoms with Gasteiger partial charge >= 0.3 is 6.18 Å². The minimum absolute atomic E-state index is 0.0211. The van der Waals surface area contributed by atoms with Gasteiger partial charge in [-0.25, -0.2) is 15.0 Å². The molecule has 216 valence electrons. The Bertz CT molecular complexity index is 1440. The van der Waals surface area contributed by atoms with E-state index in [4.69, 9.17) is 20.2 Å². The maximum absolute atomic E-state index is 13.2. The monoisotopic (exact) mass is 569 g/mol. The van der Waals surface area contributed by atoms with Gasteiger partial charge in [0.1, 0.15) is 18.1 Å². The molecule has 0 bridgehead atoms. The number of hydrogen-bond donors (Lipinski definition) is 3. The van der Waals surface area contributed by atoms with E-state index in [1.807, 2.05) is 6.07 Å². The summed E-state index contributed by atoms with van der Waals surface area (Å²) >= 11 is 0. The summed E-state index contributed by atoms with van der Waals surface area (Å²) in [6, 6.07) is 5.71. The number of likely N-dealkylation sites (tertiary alicyclic amines) is 1. The summed E-state index contributed by atoms with van der Waals surface area (Å²) in [5.41, 5.74) is 0.871. The fraction of sp³-hybridized carbons (Fsp3) is 0.519. The zero-order chi connectivity index (χ0) is 29.0. The van der Waals surface area contributed by atoms with Gasteiger partial charge < -0.3 is 20.2 Å². The van der Waals surface area contributed by atoms with E-state index >= 15 is 0 Å². The molecule has 1 saturated heterocycles. The van der Waals surface area contributed by atoms with Gasteiger partial charge in [-0.05, 0) is 31.7 Å². The van der Waals surface area contributed by atoms with Crippen LogP contribution in [0.3, 0.4) is 0 Å². The average molecular weight is 570 g/mol. The standard InChI is InChI=1S/C27H30F3N9O2/c28-27(29,30)25-37-18(6-10-40)11-22(38-25)41-20-3-1-19(2-4-20)39-14-26(15-39,7-8-31)36-13-17(12-32)23-21-5-9-33-24(21)35-16-34-23/h5,9,11-13,16-17,19-20,32,40H,1-4,6-7,10,14-15H2,(H,33,34,35). The van der Waals surface area contributed by atoms with Crippen LogP contribution < -0.4 is 4.74 Å². The normalized spacial score (nSPS) is 21.8. The smallest absolute Gasteiger partial charge is 0.451 e. The summed E-state index contributed by atoms with van der Waals surface area (Å²) in [6.07, 6.45) is 4.29. The second kappa shape index (κ2) is 11.9. The summed E-state index contributed by atoms with van der Waals surface area (Å²) in [5.74, 6) is -1.86.